The largest absolute Gasteiger partial charge is 0.496 e. The summed E-state index contributed by atoms with van der Waals surface area (Å²) >= 11 is 1.28. The number of ether oxygens (including phenoxy) is 2. The van der Waals surface area contributed by atoms with Gasteiger partial charge < -0.3 is 19.8 Å². The number of allylic oxidation sites excluding steroid dienone is 1. The molecule has 0 bridgehead atoms. The van der Waals surface area contributed by atoms with Crippen LogP contribution in [0.4, 0.5) is 11.5 Å². The Kier molecular flexibility index (Phi) is 6.87. The molecule has 0 radical (unpaired) electrons. The van der Waals surface area contributed by atoms with Crippen molar-refractivity contribution in [2.24, 2.45) is 0 Å². The topological polar surface area (TPSA) is 136 Å². The molecule has 1 aliphatic rings. The third-order valence-electron chi connectivity index (χ3n) is 5.60. The van der Waals surface area contributed by atoms with Gasteiger partial charge in [-0.1, -0.05) is 42.1 Å². The van der Waals surface area contributed by atoms with E-state index in [4.69, 9.17) is 9.47 Å². The molecule has 0 amide bonds. The number of non-ortho nitro benzene ring substituents is 1. The lowest BCUT2D eigenvalue weighted by Crippen LogP contribution is -2.31. The Morgan fingerprint density at radius 1 is 1.17 bits per heavy atom. The molecule has 0 unspecified atom stereocenters. The highest BCUT2D eigenvalue weighted by Gasteiger charge is 2.37. The van der Waals surface area contributed by atoms with Crippen molar-refractivity contribution in [1.29, 1.82) is 0 Å². The van der Waals surface area contributed by atoms with Crippen LogP contribution in [0.2, 0.25) is 0 Å². The van der Waals surface area contributed by atoms with E-state index < -0.39 is 22.4 Å². The number of aromatic nitrogens is 2. The molecule has 0 fully saturated rings. The van der Waals surface area contributed by atoms with Crippen LogP contribution in [0.3, 0.4) is 0 Å². The van der Waals surface area contributed by atoms with Crippen molar-refractivity contribution in [3.05, 3.63) is 97.0 Å². The van der Waals surface area contributed by atoms with Crippen LogP contribution in [-0.4, -0.2) is 35.1 Å². The molecule has 4 rings (SSSR count). The maximum absolute atomic E-state index is 13.3. The molecule has 3 aromatic rings. The van der Waals surface area contributed by atoms with Crippen molar-refractivity contribution in [2.45, 2.75) is 23.8 Å². The van der Waals surface area contributed by atoms with Crippen LogP contribution in [0.25, 0.3) is 0 Å². The predicted octanol–water partition coefficient (Wildman–Crippen LogP) is 3.98. The Balaban J connectivity index is 1.73. The number of carbonyl (C=O) groups excluding carboxylic acids is 1. The Labute approximate surface area is 204 Å². The molecule has 0 saturated heterocycles. The smallest absolute Gasteiger partial charge is 0.336 e. The first-order chi connectivity index (χ1) is 16.8. The Morgan fingerprint density at radius 2 is 1.89 bits per heavy atom. The van der Waals surface area contributed by atoms with Gasteiger partial charge in [0.05, 0.1) is 36.2 Å². The van der Waals surface area contributed by atoms with E-state index in [2.05, 4.69) is 15.3 Å². The molecule has 2 aromatic carbocycles. The van der Waals surface area contributed by atoms with Gasteiger partial charge in [0.2, 0.25) is 0 Å². The predicted molar refractivity (Wildman–Crippen MR) is 131 cm³/mol. The molecular formula is C24H22N4O6S. The van der Waals surface area contributed by atoms with E-state index in [0.717, 1.165) is 5.56 Å². The number of benzene rings is 2. The summed E-state index contributed by atoms with van der Waals surface area (Å²) in [6, 6.07) is 13.4. The second-order valence-electron chi connectivity index (χ2n) is 7.68. The van der Waals surface area contributed by atoms with Crippen LogP contribution in [0.15, 0.2) is 69.8 Å². The van der Waals surface area contributed by atoms with E-state index in [0.29, 0.717) is 39.3 Å². The summed E-state index contributed by atoms with van der Waals surface area (Å²) in [5.74, 6) is -0.0123. The quantitative estimate of drug-likeness (QED) is 0.164. The summed E-state index contributed by atoms with van der Waals surface area (Å²) in [5.41, 5.74) is 2.17. The highest BCUT2D eigenvalue weighted by Crippen LogP contribution is 2.43. The summed E-state index contributed by atoms with van der Waals surface area (Å²) in [5, 5.41) is 14.3. The zero-order valence-electron chi connectivity index (χ0n) is 19.2. The molecule has 1 aromatic heterocycles. The number of fused-ring (bicyclic) bond motifs is 1. The van der Waals surface area contributed by atoms with Gasteiger partial charge in [0, 0.05) is 29.1 Å². The molecule has 10 nitrogen and oxygen atoms in total. The van der Waals surface area contributed by atoms with Gasteiger partial charge in [-0.2, -0.15) is 0 Å². The maximum atomic E-state index is 13.3. The fourth-order valence-corrected chi connectivity index (χ4v) is 4.78. The van der Waals surface area contributed by atoms with Crippen molar-refractivity contribution in [3.63, 3.8) is 0 Å². The molecule has 11 heteroatoms. The van der Waals surface area contributed by atoms with Crippen LogP contribution in [0.5, 0.6) is 5.75 Å². The van der Waals surface area contributed by atoms with Crippen LogP contribution in [0.1, 0.15) is 29.5 Å². The van der Waals surface area contributed by atoms with E-state index in [1.165, 1.54) is 38.1 Å². The fourth-order valence-electron chi connectivity index (χ4n) is 3.96. The average Bonchev–Trinajstić information content (AvgIpc) is 2.86. The molecule has 35 heavy (non-hydrogen) atoms. The minimum absolute atomic E-state index is 0.00863. The van der Waals surface area contributed by atoms with E-state index in [-0.39, 0.29) is 11.3 Å². The Morgan fingerprint density at radius 3 is 2.54 bits per heavy atom. The average molecular weight is 495 g/mol. The summed E-state index contributed by atoms with van der Waals surface area (Å²) in [7, 11) is 2.81. The molecule has 180 valence electrons. The number of para-hydroxylation sites is 1. The lowest BCUT2D eigenvalue weighted by atomic mass is 9.82. The number of nitrogens with zero attached hydrogens (tertiary/aromatic N) is 2. The SMILES string of the molecule is COC(=O)C1=C(C)Nc2nc(SCc3ccc([N+](=O)[O-])cc3)[nH]c(=O)c2[C@@H]1c1ccccc1OC. The number of nitrogens with one attached hydrogen (secondary N) is 2. The van der Waals surface area contributed by atoms with E-state index in [1.54, 1.807) is 43.3 Å². The number of nitro benzene ring substituents is 1. The third-order valence-corrected chi connectivity index (χ3v) is 6.54. The normalized spacial score (nSPS) is 14.7. The zero-order chi connectivity index (χ0) is 25.1. The lowest BCUT2D eigenvalue weighted by Gasteiger charge is -2.29. The maximum Gasteiger partial charge on any atom is 0.336 e. The number of aromatic amines is 1. The summed E-state index contributed by atoms with van der Waals surface area (Å²) < 4.78 is 10.5. The second kappa shape index (κ2) is 10.0. The van der Waals surface area contributed by atoms with Gasteiger partial charge >= 0.3 is 5.97 Å². The van der Waals surface area contributed by atoms with Crippen molar-refractivity contribution in [2.75, 3.05) is 19.5 Å². The number of carbonyl (C=O) groups is 1. The van der Waals surface area contributed by atoms with Crippen molar-refractivity contribution < 1.29 is 19.2 Å². The van der Waals surface area contributed by atoms with Gasteiger partial charge in [-0.05, 0) is 18.6 Å². The number of methoxy groups -OCH3 is 2. The van der Waals surface area contributed by atoms with Crippen LogP contribution in [0, 0.1) is 10.1 Å². The van der Waals surface area contributed by atoms with Crippen molar-refractivity contribution in [3.8, 4) is 5.75 Å². The number of nitro groups is 1. The first-order valence-electron chi connectivity index (χ1n) is 10.5. The van der Waals surface area contributed by atoms with Crippen molar-refractivity contribution in [1.82, 2.24) is 9.97 Å². The highest BCUT2D eigenvalue weighted by atomic mass is 32.2. The lowest BCUT2D eigenvalue weighted by molar-refractivity contribution is -0.384. The monoisotopic (exact) mass is 494 g/mol. The molecule has 1 atom stereocenters. The highest BCUT2D eigenvalue weighted by molar-refractivity contribution is 7.98. The molecule has 0 spiro atoms. The number of esters is 1. The minimum Gasteiger partial charge on any atom is -0.496 e. The van der Waals surface area contributed by atoms with Gasteiger partial charge in [-0.15, -0.1) is 0 Å². The Hall–Kier alpha value is -4.12. The summed E-state index contributed by atoms with van der Waals surface area (Å²) in [6.07, 6.45) is 0. The molecule has 2 heterocycles. The number of anilines is 1. The molecule has 2 N–H and O–H groups in total. The van der Waals surface area contributed by atoms with Gasteiger partial charge in [-0.3, -0.25) is 14.9 Å². The number of thioether (sulfide) groups is 1. The minimum atomic E-state index is -0.750. The van der Waals surface area contributed by atoms with Crippen LogP contribution >= 0.6 is 11.8 Å². The molecule has 0 saturated carbocycles. The number of H-pyrrole nitrogens is 1. The van der Waals surface area contributed by atoms with E-state index in [9.17, 15) is 19.7 Å². The first kappa shape index (κ1) is 24.0. The summed E-state index contributed by atoms with van der Waals surface area (Å²) in [6.45, 7) is 1.73. The van der Waals surface area contributed by atoms with Crippen molar-refractivity contribution >= 4 is 29.2 Å². The standard InChI is InChI=1S/C24H22N4O6S/c1-13-18(23(30)34-3)19(16-6-4-5-7-17(16)33-2)20-21(25-13)26-24(27-22(20)29)35-12-14-8-10-15(11-9-14)28(31)32/h4-11,19H,12H2,1-3H3,(H2,25,26,27,29)/t19-/m1/s1. The van der Waals surface area contributed by atoms with Gasteiger partial charge in [0.25, 0.3) is 11.2 Å². The van der Waals surface area contributed by atoms with Gasteiger partial charge in [0.1, 0.15) is 11.6 Å². The number of hydrogen-bond donors (Lipinski definition) is 2. The van der Waals surface area contributed by atoms with Crippen LogP contribution in [-0.2, 0) is 15.3 Å². The van der Waals surface area contributed by atoms with E-state index in [1.807, 2.05) is 0 Å². The molecule has 1 aliphatic heterocycles. The first-order valence-corrected chi connectivity index (χ1v) is 11.5. The second-order valence-corrected chi connectivity index (χ2v) is 8.64. The van der Waals surface area contributed by atoms with Gasteiger partial charge in [0.15, 0.2) is 5.16 Å². The third kappa shape index (κ3) is 4.76. The summed E-state index contributed by atoms with van der Waals surface area (Å²) in [4.78, 5) is 43.8. The Bertz CT molecular complexity index is 1380. The van der Waals surface area contributed by atoms with E-state index >= 15 is 0 Å². The fraction of sp³-hybridized carbons (Fsp3) is 0.208. The molecular weight excluding hydrogens is 472 g/mol. The number of rotatable bonds is 7. The van der Waals surface area contributed by atoms with Crippen LogP contribution < -0.4 is 15.6 Å². The zero-order valence-corrected chi connectivity index (χ0v) is 20.0. The number of hydrogen-bond acceptors (Lipinski definition) is 9. The molecule has 0 aliphatic carbocycles. The van der Waals surface area contributed by atoms with Gasteiger partial charge in [-0.25, -0.2) is 9.78 Å².